The molecule has 2 aromatic rings. The lowest BCUT2D eigenvalue weighted by Gasteiger charge is -2.14. The molecule has 0 radical (unpaired) electrons. The summed E-state index contributed by atoms with van der Waals surface area (Å²) in [5, 5.41) is 5.54. The number of hydrogen-bond acceptors (Lipinski definition) is 4. The number of halogens is 1. The average Bonchev–Trinajstić information content (AvgIpc) is 2.87. The van der Waals surface area contributed by atoms with Crippen molar-refractivity contribution in [2.45, 2.75) is 20.4 Å². The molecule has 0 aliphatic heterocycles. The number of carbonyl (C=O) groups excluding carboxylic acids is 1. The molecule has 4 nitrogen and oxygen atoms in total. The lowest BCUT2D eigenvalue weighted by molar-refractivity contribution is -0.116. The molecule has 1 amide bonds. The number of rotatable bonds is 5. The Labute approximate surface area is 121 Å². The third-order valence-electron chi connectivity index (χ3n) is 2.80. The zero-order valence-corrected chi connectivity index (χ0v) is 12.2. The van der Waals surface area contributed by atoms with E-state index in [-0.39, 0.29) is 11.7 Å². The smallest absolute Gasteiger partial charge is 0.225 e. The Morgan fingerprint density at radius 3 is 2.85 bits per heavy atom. The number of para-hydroxylation sites is 1. The minimum Gasteiger partial charge on any atom is -0.377 e. The van der Waals surface area contributed by atoms with Gasteiger partial charge < -0.3 is 5.32 Å². The minimum atomic E-state index is -0.290. The van der Waals surface area contributed by atoms with Gasteiger partial charge in [0.2, 0.25) is 5.91 Å². The lowest BCUT2D eigenvalue weighted by Crippen LogP contribution is -2.27. The number of nitrogens with zero attached hydrogens (tertiary/aromatic N) is 2. The molecule has 0 spiro atoms. The average molecular weight is 293 g/mol. The van der Waals surface area contributed by atoms with Crippen molar-refractivity contribution in [2.24, 2.45) is 0 Å². The fraction of sp³-hybridized carbons (Fsp3) is 0.286. The molecule has 1 heterocycles. The highest BCUT2D eigenvalue weighted by atomic mass is 32.1. The zero-order chi connectivity index (χ0) is 14.5. The van der Waals surface area contributed by atoms with Crippen molar-refractivity contribution in [1.82, 2.24) is 4.98 Å². The second-order valence-corrected chi connectivity index (χ2v) is 5.05. The van der Waals surface area contributed by atoms with Crippen LogP contribution in [0, 0.1) is 5.82 Å². The minimum absolute atomic E-state index is 0.0320. The van der Waals surface area contributed by atoms with Crippen LogP contribution in [0.5, 0.6) is 0 Å². The highest BCUT2D eigenvalue weighted by Crippen LogP contribution is 2.21. The number of amides is 1. The predicted octanol–water partition coefficient (Wildman–Crippen LogP) is 3.27. The van der Waals surface area contributed by atoms with E-state index in [1.54, 1.807) is 23.1 Å². The topological polar surface area (TPSA) is 45.2 Å². The lowest BCUT2D eigenvalue weighted by atomic mass is 10.3. The first-order valence-corrected chi connectivity index (χ1v) is 7.20. The molecule has 2 rings (SSSR count). The third-order valence-corrected chi connectivity index (χ3v) is 3.71. The Kier molecular flexibility index (Phi) is 4.68. The zero-order valence-electron chi connectivity index (χ0n) is 11.4. The van der Waals surface area contributed by atoms with Gasteiger partial charge in [0.15, 0.2) is 5.13 Å². The van der Waals surface area contributed by atoms with Crippen LogP contribution >= 0.6 is 11.3 Å². The summed E-state index contributed by atoms with van der Waals surface area (Å²) < 4.78 is 13.5. The molecule has 0 bridgehead atoms. The van der Waals surface area contributed by atoms with Gasteiger partial charge in [-0.05, 0) is 19.1 Å². The number of anilines is 2. The summed E-state index contributed by atoms with van der Waals surface area (Å²) >= 11 is 1.41. The molecule has 0 unspecified atom stereocenters. The van der Waals surface area contributed by atoms with E-state index in [2.05, 4.69) is 10.3 Å². The number of carbonyl (C=O) groups is 1. The summed E-state index contributed by atoms with van der Waals surface area (Å²) in [4.78, 5) is 17.4. The van der Waals surface area contributed by atoms with Gasteiger partial charge in [0.25, 0.3) is 0 Å². The summed E-state index contributed by atoms with van der Waals surface area (Å²) in [6, 6.07) is 6.50. The Balaban J connectivity index is 2.03. The summed E-state index contributed by atoms with van der Waals surface area (Å²) in [6.45, 7) is 4.43. The Morgan fingerprint density at radius 1 is 1.45 bits per heavy atom. The van der Waals surface area contributed by atoms with Gasteiger partial charge >= 0.3 is 0 Å². The first kappa shape index (κ1) is 14.5. The summed E-state index contributed by atoms with van der Waals surface area (Å²) in [5.41, 5.74) is 1.23. The van der Waals surface area contributed by atoms with Crippen LogP contribution in [0.15, 0.2) is 29.6 Å². The maximum Gasteiger partial charge on any atom is 0.225 e. The van der Waals surface area contributed by atoms with Crippen molar-refractivity contribution in [3.05, 3.63) is 41.2 Å². The highest BCUT2D eigenvalue weighted by molar-refractivity contribution is 7.14. The number of hydrogen-bond donors (Lipinski definition) is 1. The molecule has 0 saturated carbocycles. The molecule has 0 aliphatic rings. The maximum atomic E-state index is 13.5. The second kappa shape index (κ2) is 6.47. The molecule has 20 heavy (non-hydrogen) atoms. The molecule has 1 aromatic carbocycles. The monoisotopic (exact) mass is 293 g/mol. The van der Waals surface area contributed by atoms with Crippen LogP contribution < -0.4 is 10.2 Å². The molecular formula is C14H16FN3OS. The van der Waals surface area contributed by atoms with E-state index in [1.807, 2.05) is 12.3 Å². The van der Waals surface area contributed by atoms with Gasteiger partial charge in [-0.2, -0.15) is 0 Å². The van der Waals surface area contributed by atoms with E-state index >= 15 is 0 Å². The van der Waals surface area contributed by atoms with Crippen molar-refractivity contribution in [2.75, 3.05) is 16.8 Å². The van der Waals surface area contributed by atoms with Crippen molar-refractivity contribution < 1.29 is 9.18 Å². The van der Waals surface area contributed by atoms with Crippen LogP contribution in [0.3, 0.4) is 0 Å². The number of nitrogens with one attached hydrogen (secondary N) is 1. The van der Waals surface area contributed by atoms with Crippen molar-refractivity contribution in [1.29, 1.82) is 0 Å². The fourth-order valence-electron chi connectivity index (χ4n) is 1.78. The van der Waals surface area contributed by atoms with Crippen LogP contribution in [0.2, 0.25) is 0 Å². The van der Waals surface area contributed by atoms with Gasteiger partial charge in [-0.3, -0.25) is 9.69 Å². The van der Waals surface area contributed by atoms with Crippen LogP contribution in [-0.4, -0.2) is 17.4 Å². The molecule has 6 heteroatoms. The normalized spacial score (nSPS) is 10.3. The maximum absolute atomic E-state index is 13.5. The first-order chi connectivity index (χ1) is 9.61. The SMILES string of the molecule is CCN(C(C)=O)c1nc(CNc2ccccc2F)cs1. The molecule has 0 saturated heterocycles. The molecule has 106 valence electrons. The molecule has 0 atom stereocenters. The fourth-order valence-corrected chi connectivity index (χ4v) is 2.72. The molecular weight excluding hydrogens is 277 g/mol. The van der Waals surface area contributed by atoms with Gasteiger partial charge in [-0.25, -0.2) is 9.37 Å². The third kappa shape index (κ3) is 3.33. The Bertz CT molecular complexity index is 600. The van der Waals surface area contributed by atoms with Crippen LogP contribution in [0.1, 0.15) is 19.5 Å². The molecule has 1 N–H and O–H groups in total. The van der Waals surface area contributed by atoms with Gasteiger partial charge in [0.1, 0.15) is 5.82 Å². The number of benzene rings is 1. The van der Waals surface area contributed by atoms with Gasteiger partial charge in [0, 0.05) is 18.8 Å². The van der Waals surface area contributed by atoms with E-state index in [0.29, 0.717) is 23.9 Å². The van der Waals surface area contributed by atoms with Crippen molar-refractivity contribution >= 4 is 28.1 Å². The largest absolute Gasteiger partial charge is 0.377 e. The van der Waals surface area contributed by atoms with Crippen LogP contribution in [0.25, 0.3) is 0 Å². The quantitative estimate of drug-likeness (QED) is 0.920. The van der Waals surface area contributed by atoms with E-state index in [0.717, 1.165) is 5.69 Å². The predicted molar refractivity (Wildman–Crippen MR) is 79.5 cm³/mol. The molecule has 1 aromatic heterocycles. The summed E-state index contributed by atoms with van der Waals surface area (Å²) in [5.74, 6) is -0.322. The highest BCUT2D eigenvalue weighted by Gasteiger charge is 2.13. The van der Waals surface area contributed by atoms with E-state index in [4.69, 9.17) is 0 Å². The number of thiazole rings is 1. The standard InChI is InChI=1S/C14H16FN3OS/c1-3-18(10(2)19)14-17-11(9-20-14)8-16-13-7-5-4-6-12(13)15/h4-7,9,16H,3,8H2,1-2H3. The summed E-state index contributed by atoms with van der Waals surface area (Å²) in [6.07, 6.45) is 0. The molecule has 0 fully saturated rings. The van der Waals surface area contributed by atoms with Crippen molar-refractivity contribution in [3.8, 4) is 0 Å². The van der Waals surface area contributed by atoms with Gasteiger partial charge in [-0.15, -0.1) is 11.3 Å². The van der Waals surface area contributed by atoms with E-state index in [9.17, 15) is 9.18 Å². The first-order valence-electron chi connectivity index (χ1n) is 6.32. The Hall–Kier alpha value is -1.95. The van der Waals surface area contributed by atoms with E-state index in [1.165, 1.54) is 24.3 Å². The second-order valence-electron chi connectivity index (χ2n) is 4.22. The molecule has 0 aliphatic carbocycles. The van der Waals surface area contributed by atoms with Gasteiger partial charge in [0.05, 0.1) is 17.9 Å². The van der Waals surface area contributed by atoms with E-state index < -0.39 is 0 Å². The Morgan fingerprint density at radius 2 is 2.20 bits per heavy atom. The van der Waals surface area contributed by atoms with Gasteiger partial charge in [-0.1, -0.05) is 12.1 Å². The van der Waals surface area contributed by atoms with Crippen molar-refractivity contribution in [3.63, 3.8) is 0 Å². The van der Waals surface area contributed by atoms with Crippen LogP contribution in [-0.2, 0) is 11.3 Å². The summed E-state index contributed by atoms with van der Waals surface area (Å²) in [7, 11) is 0. The van der Waals surface area contributed by atoms with Crippen LogP contribution in [0.4, 0.5) is 15.2 Å². The number of aromatic nitrogens is 1.